The van der Waals surface area contributed by atoms with E-state index in [4.69, 9.17) is 4.52 Å². The second-order valence-corrected chi connectivity index (χ2v) is 4.47. The molecule has 0 spiro atoms. The van der Waals surface area contributed by atoms with E-state index in [1.807, 2.05) is 0 Å². The Morgan fingerprint density at radius 1 is 1.29 bits per heavy atom. The maximum Gasteiger partial charge on any atom is 0.329 e. The number of carbonyl (C=O) groups excluding carboxylic acids is 1. The van der Waals surface area contributed by atoms with Gasteiger partial charge in [-0.1, -0.05) is 35.5 Å². The highest BCUT2D eigenvalue weighted by Gasteiger charge is 2.30. The van der Waals surface area contributed by atoms with Gasteiger partial charge in [-0.3, -0.25) is 4.79 Å². The first kappa shape index (κ1) is 14.7. The van der Waals surface area contributed by atoms with Crippen LogP contribution in [0.1, 0.15) is 27.9 Å². The third kappa shape index (κ3) is 3.46. The molecule has 21 heavy (non-hydrogen) atoms. The molecule has 3 N–H and O–H groups in total. The van der Waals surface area contributed by atoms with Gasteiger partial charge in [-0.25, -0.2) is 4.79 Å². The Hall–Kier alpha value is -2.67. The Balaban J connectivity index is 2.16. The molecule has 0 bridgehead atoms. The number of hydrogen-bond acceptors (Lipinski definition) is 5. The Morgan fingerprint density at radius 3 is 2.48 bits per heavy atom. The van der Waals surface area contributed by atoms with Gasteiger partial charge in [0.15, 0.2) is 11.7 Å². The van der Waals surface area contributed by atoms with Crippen molar-refractivity contribution >= 4 is 11.9 Å². The summed E-state index contributed by atoms with van der Waals surface area (Å²) in [6, 6.07) is 8.11. The van der Waals surface area contributed by atoms with Crippen molar-refractivity contribution in [2.24, 2.45) is 0 Å². The van der Waals surface area contributed by atoms with Gasteiger partial charge in [0.1, 0.15) is 11.9 Å². The van der Waals surface area contributed by atoms with Crippen molar-refractivity contribution in [2.75, 3.05) is 0 Å². The van der Waals surface area contributed by atoms with Crippen molar-refractivity contribution in [1.29, 1.82) is 0 Å². The van der Waals surface area contributed by atoms with E-state index in [-0.39, 0.29) is 5.69 Å². The van der Waals surface area contributed by atoms with Crippen LogP contribution in [0.5, 0.6) is 0 Å². The first-order valence-corrected chi connectivity index (χ1v) is 6.19. The number of aryl methyl sites for hydroxylation is 1. The molecule has 0 radical (unpaired) electrons. The number of benzene rings is 1. The highest BCUT2D eigenvalue weighted by atomic mass is 16.5. The highest BCUT2D eigenvalue weighted by Crippen LogP contribution is 2.17. The summed E-state index contributed by atoms with van der Waals surface area (Å²) in [5.74, 6) is -1.65. The fourth-order valence-corrected chi connectivity index (χ4v) is 1.81. The maximum absolute atomic E-state index is 11.9. The summed E-state index contributed by atoms with van der Waals surface area (Å²) in [4.78, 5) is 23.2. The number of aliphatic hydroxyl groups is 1. The topological polar surface area (TPSA) is 113 Å². The molecule has 0 aliphatic carbocycles. The predicted octanol–water partition coefficient (Wildman–Crippen LogP) is 0.900. The number of aliphatic hydroxyl groups excluding tert-OH is 1. The van der Waals surface area contributed by atoms with Crippen LogP contribution < -0.4 is 5.32 Å². The van der Waals surface area contributed by atoms with E-state index in [9.17, 15) is 19.8 Å². The Labute approximate surface area is 120 Å². The minimum absolute atomic E-state index is 0.0426. The van der Waals surface area contributed by atoms with Crippen LogP contribution in [0.15, 0.2) is 40.9 Å². The van der Waals surface area contributed by atoms with Gasteiger partial charge in [-0.15, -0.1) is 0 Å². The van der Waals surface area contributed by atoms with Crippen molar-refractivity contribution in [3.05, 3.63) is 53.4 Å². The zero-order valence-electron chi connectivity index (χ0n) is 11.2. The van der Waals surface area contributed by atoms with E-state index in [1.165, 1.54) is 6.07 Å². The first-order valence-electron chi connectivity index (χ1n) is 6.19. The van der Waals surface area contributed by atoms with Gasteiger partial charge in [0.2, 0.25) is 0 Å². The summed E-state index contributed by atoms with van der Waals surface area (Å²) in [5.41, 5.74) is 0.348. The van der Waals surface area contributed by atoms with E-state index in [2.05, 4.69) is 10.5 Å². The quantitative estimate of drug-likeness (QED) is 0.754. The first-order chi connectivity index (χ1) is 9.99. The monoisotopic (exact) mass is 290 g/mol. The van der Waals surface area contributed by atoms with Crippen LogP contribution in [-0.2, 0) is 4.79 Å². The molecule has 2 rings (SSSR count). The number of rotatable bonds is 5. The lowest BCUT2D eigenvalue weighted by Crippen LogP contribution is -2.45. The lowest BCUT2D eigenvalue weighted by Gasteiger charge is -2.20. The third-order valence-corrected chi connectivity index (χ3v) is 2.87. The second kappa shape index (κ2) is 6.19. The number of amides is 1. The molecule has 1 heterocycles. The number of aliphatic carboxylic acids is 1. The molecule has 7 nitrogen and oxygen atoms in total. The number of hydrogen-bond donors (Lipinski definition) is 3. The summed E-state index contributed by atoms with van der Waals surface area (Å²) >= 11 is 0. The minimum atomic E-state index is -1.49. The number of carbonyl (C=O) groups is 2. The normalized spacial score (nSPS) is 13.4. The Morgan fingerprint density at radius 2 is 1.95 bits per heavy atom. The molecular formula is C14H14N2O5. The standard InChI is InChI=1S/C14H14N2O5/c1-8-7-10(16-21-8)13(18)15-11(14(19)20)12(17)9-5-3-2-4-6-9/h2-7,11-12,17H,1H3,(H,15,18)(H,19,20). The molecular weight excluding hydrogens is 276 g/mol. The van der Waals surface area contributed by atoms with Crippen LogP contribution in [0.4, 0.5) is 0 Å². The minimum Gasteiger partial charge on any atom is -0.480 e. The molecule has 1 aromatic carbocycles. The second-order valence-electron chi connectivity index (χ2n) is 4.47. The van der Waals surface area contributed by atoms with Crippen LogP contribution in [0.25, 0.3) is 0 Å². The molecule has 0 saturated heterocycles. The number of aromatic nitrogens is 1. The SMILES string of the molecule is Cc1cc(C(=O)NC(C(=O)O)C(O)c2ccccc2)no1. The molecule has 0 aliphatic rings. The number of carboxylic acids is 1. The van der Waals surface area contributed by atoms with Gasteiger partial charge in [0, 0.05) is 6.07 Å². The fourth-order valence-electron chi connectivity index (χ4n) is 1.81. The van der Waals surface area contributed by atoms with Crippen LogP contribution in [0, 0.1) is 6.92 Å². The maximum atomic E-state index is 11.9. The van der Waals surface area contributed by atoms with Gasteiger partial charge in [-0.2, -0.15) is 0 Å². The van der Waals surface area contributed by atoms with Gasteiger partial charge in [0.05, 0.1) is 0 Å². The third-order valence-electron chi connectivity index (χ3n) is 2.87. The van der Waals surface area contributed by atoms with Gasteiger partial charge < -0.3 is 20.1 Å². The van der Waals surface area contributed by atoms with Gasteiger partial charge in [-0.05, 0) is 12.5 Å². The van der Waals surface area contributed by atoms with Crippen LogP contribution in [-0.4, -0.2) is 33.3 Å². The molecule has 1 amide bonds. The van der Waals surface area contributed by atoms with Crippen LogP contribution in [0.3, 0.4) is 0 Å². The molecule has 7 heteroatoms. The van der Waals surface area contributed by atoms with E-state index in [0.717, 1.165) is 0 Å². The number of nitrogens with one attached hydrogen (secondary N) is 1. The van der Waals surface area contributed by atoms with Crippen molar-refractivity contribution in [2.45, 2.75) is 19.1 Å². The zero-order valence-corrected chi connectivity index (χ0v) is 11.2. The smallest absolute Gasteiger partial charge is 0.329 e. The fraction of sp³-hybridized carbons (Fsp3) is 0.214. The van der Waals surface area contributed by atoms with Crippen molar-refractivity contribution in [3.63, 3.8) is 0 Å². The number of nitrogens with zero attached hydrogens (tertiary/aromatic N) is 1. The summed E-state index contributed by atoms with van der Waals surface area (Å²) in [6.45, 7) is 1.61. The van der Waals surface area contributed by atoms with Crippen molar-refractivity contribution in [3.8, 4) is 0 Å². The van der Waals surface area contributed by atoms with Crippen LogP contribution in [0.2, 0.25) is 0 Å². The predicted molar refractivity (Wildman–Crippen MR) is 71.5 cm³/mol. The number of carboxylic acid groups (broad SMARTS) is 1. The van der Waals surface area contributed by atoms with Gasteiger partial charge >= 0.3 is 5.97 Å². The van der Waals surface area contributed by atoms with E-state index >= 15 is 0 Å². The Kier molecular flexibility index (Phi) is 4.34. The molecule has 1 aromatic heterocycles. The molecule has 2 atom stereocenters. The average molecular weight is 290 g/mol. The molecule has 2 unspecified atom stereocenters. The summed E-state index contributed by atoms with van der Waals surface area (Å²) in [5, 5.41) is 25.0. The van der Waals surface area contributed by atoms with E-state index < -0.39 is 24.0 Å². The summed E-state index contributed by atoms with van der Waals surface area (Å²) < 4.78 is 4.75. The Bertz CT molecular complexity index is 638. The van der Waals surface area contributed by atoms with Crippen molar-refractivity contribution < 1.29 is 24.3 Å². The molecule has 2 aromatic rings. The lowest BCUT2D eigenvalue weighted by atomic mass is 10.0. The molecule has 0 fully saturated rings. The zero-order chi connectivity index (χ0) is 15.4. The molecule has 0 aliphatic heterocycles. The highest BCUT2D eigenvalue weighted by molar-refractivity contribution is 5.95. The molecule has 0 saturated carbocycles. The largest absolute Gasteiger partial charge is 0.480 e. The van der Waals surface area contributed by atoms with Gasteiger partial charge in [0.25, 0.3) is 5.91 Å². The summed E-state index contributed by atoms with van der Waals surface area (Å²) in [6.07, 6.45) is -1.37. The van der Waals surface area contributed by atoms with E-state index in [1.54, 1.807) is 37.3 Å². The molecule has 110 valence electrons. The lowest BCUT2D eigenvalue weighted by molar-refractivity contribution is -0.142. The van der Waals surface area contributed by atoms with Crippen LogP contribution >= 0.6 is 0 Å². The van der Waals surface area contributed by atoms with E-state index in [0.29, 0.717) is 11.3 Å². The summed E-state index contributed by atoms with van der Waals surface area (Å²) in [7, 11) is 0. The average Bonchev–Trinajstić information content (AvgIpc) is 2.91. The van der Waals surface area contributed by atoms with Crippen molar-refractivity contribution in [1.82, 2.24) is 10.5 Å².